The van der Waals surface area contributed by atoms with Crippen molar-refractivity contribution in [2.24, 2.45) is 0 Å². The predicted octanol–water partition coefficient (Wildman–Crippen LogP) is 2.12. The highest BCUT2D eigenvalue weighted by atomic mass is 19.1. The van der Waals surface area contributed by atoms with Crippen molar-refractivity contribution in [2.45, 2.75) is 0 Å². The first-order valence-corrected chi connectivity index (χ1v) is 7.79. The zero-order valence-corrected chi connectivity index (χ0v) is 14.0. The summed E-state index contributed by atoms with van der Waals surface area (Å²) in [5.74, 6) is -1.16. The van der Waals surface area contributed by atoms with E-state index in [0.717, 1.165) is 5.69 Å². The highest BCUT2D eigenvalue weighted by Crippen LogP contribution is 2.11. The van der Waals surface area contributed by atoms with E-state index >= 15 is 0 Å². The first kappa shape index (κ1) is 17.3. The summed E-state index contributed by atoms with van der Waals surface area (Å²) in [5.41, 5.74) is 1.55. The summed E-state index contributed by atoms with van der Waals surface area (Å²) < 4.78 is 14.7. The number of halogens is 1. The van der Waals surface area contributed by atoms with Crippen LogP contribution in [0.2, 0.25) is 0 Å². The van der Waals surface area contributed by atoms with Gasteiger partial charge < -0.3 is 10.2 Å². The van der Waals surface area contributed by atoms with Crippen LogP contribution in [-0.4, -0.2) is 45.1 Å². The van der Waals surface area contributed by atoms with Crippen LogP contribution < -0.4 is 5.32 Å². The Balaban J connectivity index is 1.61. The maximum absolute atomic E-state index is 13.1. The predicted molar refractivity (Wildman–Crippen MR) is 93.3 cm³/mol. The Morgan fingerprint density at radius 2 is 1.96 bits per heavy atom. The van der Waals surface area contributed by atoms with E-state index in [1.54, 1.807) is 41.3 Å². The molecule has 0 aliphatic heterocycles. The molecule has 0 aliphatic rings. The van der Waals surface area contributed by atoms with Crippen molar-refractivity contribution in [2.75, 3.05) is 18.9 Å². The standard InChI is InChI=1S/C18H16FN5O2/c1-23(10-17(25)22-15-4-2-3-14(19)9-15)18(26)13-5-7-16(8-6-13)24-12-20-11-21-24/h2-9,11-12H,10H2,1H3,(H,22,25). The molecule has 1 aromatic heterocycles. The van der Waals surface area contributed by atoms with Crippen molar-refractivity contribution >= 4 is 17.5 Å². The average Bonchev–Trinajstić information content (AvgIpc) is 3.15. The van der Waals surface area contributed by atoms with Crippen LogP contribution in [0.5, 0.6) is 0 Å². The minimum Gasteiger partial charge on any atom is -0.332 e. The van der Waals surface area contributed by atoms with Gasteiger partial charge in [-0.25, -0.2) is 14.1 Å². The van der Waals surface area contributed by atoms with Gasteiger partial charge in [0.1, 0.15) is 18.5 Å². The van der Waals surface area contributed by atoms with Crippen molar-refractivity contribution < 1.29 is 14.0 Å². The lowest BCUT2D eigenvalue weighted by Gasteiger charge is -2.17. The number of amides is 2. The van der Waals surface area contributed by atoms with Gasteiger partial charge in [-0.1, -0.05) is 6.07 Å². The molecule has 8 heteroatoms. The molecule has 0 fully saturated rings. The Morgan fingerprint density at radius 1 is 1.19 bits per heavy atom. The number of aromatic nitrogens is 3. The van der Waals surface area contributed by atoms with Crippen LogP contribution in [0, 0.1) is 5.82 Å². The summed E-state index contributed by atoms with van der Waals surface area (Å²) in [5, 5.41) is 6.57. The van der Waals surface area contributed by atoms with Crippen LogP contribution >= 0.6 is 0 Å². The molecule has 0 aliphatic carbocycles. The van der Waals surface area contributed by atoms with E-state index in [0.29, 0.717) is 11.3 Å². The smallest absolute Gasteiger partial charge is 0.254 e. The second kappa shape index (κ2) is 7.56. The van der Waals surface area contributed by atoms with E-state index in [-0.39, 0.29) is 12.5 Å². The van der Waals surface area contributed by atoms with Crippen LogP contribution in [0.1, 0.15) is 10.4 Å². The van der Waals surface area contributed by atoms with Crippen molar-refractivity contribution in [1.82, 2.24) is 19.7 Å². The first-order chi connectivity index (χ1) is 12.5. The monoisotopic (exact) mass is 353 g/mol. The van der Waals surface area contributed by atoms with Gasteiger partial charge in [0, 0.05) is 18.3 Å². The Morgan fingerprint density at radius 3 is 2.62 bits per heavy atom. The Bertz CT molecular complexity index is 910. The molecular formula is C18H16FN5O2. The lowest BCUT2D eigenvalue weighted by Crippen LogP contribution is -2.34. The number of nitrogens with one attached hydrogen (secondary N) is 1. The van der Waals surface area contributed by atoms with Gasteiger partial charge in [0.25, 0.3) is 5.91 Å². The quantitative estimate of drug-likeness (QED) is 0.762. The van der Waals surface area contributed by atoms with E-state index in [1.165, 1.54) is 36.5 Å². The highest BCUT2D eigenvalue weighted by molar-refractivity contribution is 5.99. The summed E-state index contributed by atoms with van der Waals surface area (Å²) in [7, 11) is 1.53. The molecule has 26 heavy (non-hydrogen) atoms. The summed E-state index contributed by atoms with van der Waals surface area (Å²) in [6.45, 7) is -0.153. The molecule has 0 unspecified atom stereocenters. The minimum absolute atomic E-state index is 0.153. The molecule has 2 aromatic carbocycles. The zero-order chi connectivity index (χ0) is 18.5. The van der Waals surface area contributed by atoms with E-state index in [9.17, 15) is 14.0 Å². The number of anilines is 1. The third kappa shape index (κ3) is 4.10. The molecule has 0 saturated heterocycles. The number of hydrogen-bond acceptors (Lipinski definition) is 4. The maximum atomic E-state index is 13.1. The second-order valence-electron chi connectivity index (χ2n) is 5.61. The highest BCUT2D eigenvalue weighted by Gasteiger charge is 2.15. The van der Waals surface area contributed by atoms with Gasteiger partial charge in [-0.2, -0.15) is 5.10 Å². The lowest BCUT2D eigenvalue weighted by molar-refractivity contribution is -0.116. The number of likely N-dealkylation sites (N-methyl/N-ethyl adjacent to an activating group) is 1. The molecule has 7 nitrogen and oxygen atoms in total. The van der Waals surface area contributed by atoms with Crippen molar-refractivity contribution in [3.8, 4) is 5.69 Å². The average molecular weight is 353 g/mol. The van der Waals surface area contributed by atoms with Gasteiger partial charge in [0.05, 0.1) is 12.2 Å². The molecular weight excluding hydrogens is 337 g/mol. The fraction of sp³-hybridized carbons (Fsp3) is 0.111. The van der Waals surface area contributed by atoms with Crippen LogP contribution in [0.3, 0.4) is 0 Å². The van der Waals surface area contributed by atoms with Crippen LogP contribution in [0.4, 0.5) is 10.1 Å². The van der Waals surface area contributed by atoms with Crippen molar-refractivity contribution in [3.05, 3.63) is 72.6 Å². The molecule has 132 valence electrons. The molecule has 0 spiro atoms. The lowest BCUT2D eigenvalue weighted by atomic mass is 10.2. The van der Waals surface area contributed by atoms with Gasteiger partial charge in [-0.15, -0.1) is 0 Å². The minimum atomic E-state index is -0.445. The van der Waals surface area contributed by atoms with Gasteiger partial charge in [0.15, 0.2) is 0 Å². The van der Waals surface area contributed by atoms with Crippen molar-refractivity contribution in [3.63, 3.8) is 0 Å². The Kier molecular flexibility index (Phi) is 5.02. The molecule has 0 atom stereocenters. The SMILES string of the molecule is CN(CC(=O)Nc1cccc(F)c1)C(=O)c1ccc(-n2cncn2)cc1. The largest absolute Gasteiger partial charge is 0.332 e. The number of rotatable bonds is 5. The third-order valence-electron chi connectivity index (χ3n) is 3.63. The molecule has 3 rings (SSSR count). The van der Waals surface area contributed by atoms with E-state index < -0.39 is 11.7 Å². The van der Waals surface area contributed by atoms with Crippen molar-refractivity contribution in [1.29, 1.82) is 0 Å². The normalized spacial score (nSPS) is 10.4. The number of hydrogen-bond donors (Lipinski definition) is 1. The molecule has 1 heterocycles. The topological polar surface area (TPSA) is 80.1 Å². The molecule has 1 N–H and O–H groups in total. The van der Waals surface area contributed by atoms with E-state index in [1.807, 2.05) is 0 Å². The third-order valence-corrected chi connectivity index (χ3v) is 3.63. The summed E-state index contributed by atoms with van der Waals surface area (Å²) in [6.07, 6.45) is 2.98. The number of nitrogens with zero attached hydrogens (tertiary/aromatic N) is 4. The van der Waals surface area contributed by atoms with Gasteiger partial charge >= 0.3 is 0 Å². The maximum Gasteiger partial charge on any atom is 0.254 e. The molecule has 0 bridgehead atoms. The fourth-order valence-electron chi connectivity index (χ4n) is 2.37. The summed E-state index contributed by atoms with van der Waals surface area (Å²) in [4.78, 5) is 29.6. The first-order valence-electron chi connectivity index (χ1n) is 7.79. The molecule has 0 saturated carbocycles. The summed E-state index contributed by atoms with van der Waals surface area (Å²) >= 11 is 0. The molecule has 3 aromatic rings. The number of carbonyl (C=O) groups excluding carboxylic acids is 2. The van der Waals surface area contributed by atoms with E-state index in [4.69, 9.17) is 0 Å². The number of carbonyl (C=O) groups is 2. The molecule has 2 amide bonds. The van der Waals surface area contributed by atoms with Gasteiger partial charge in [-0.05, 0) is 42.5 Å². The van der Waals surface area contributed by atoms with Gasteiger partial charge in [-0.3, -0.25) is 9.59 Å². The van der Waals surface area contributed by atoms with Gasteiger partial charge in [0.2, 0.25) is 5.91 Å². The van der Waals surface area contributed by atoms with Crippen LogP contribution in [0.15, 0.2) is 61.2 Å². The van der Waals surface area contributed by atoms with Crippen LogP contribution in [-0.2, 0) is 4.79 Å². The Labute approximate surface area is 149 Å². The summed E-state index contributed by atoms with van der Waals surface area (Å²) in [6, 6.07) is 12.4. The molecule has 0 radical (unpaired) electrons. The fourth-order valence-corrected chi connectivity index (χ4v) is 2.37. The zero-order valence-electron chi connectivity index (χ0n) is 14.0. The Hall–Kier alpha value is -3.55. The van der Waals surface area contributed by atoms with Crippen LogP contribution in [0.25, 0.3) is 5.69 Å². The van der Waals surface area contributed by atoms with E-state index in [2.05, 4.69) is 15.4 Å². The second-order valence-corrected chi connectivity index (χ2v) is 5.61. The number of benzene rings is 2.